The van der Waals surface area contributed by atoms with Crippen LogP contribution in [0.2, 0.25) is 0 Å². The standard InChI is InChI=1S/C14H20O2/c1-12(2)7-6-10-16-14(15)11-13-8-4-3-5-9-13/h3-5,8-9,12H,6-7,10-11H2,1-2H3. The lowest BCUT2D eigenvalue weighted by atomic mass is 10.1. The molecule has 88 valence electrons. The number of ether oxygens (including phenoxy) is 1. The second kappa shape index (κ2) is 7.04. The minimum Gasteiger partial charge on any atom is -0.465 e. The zero-order valence-corrected chi connectivity index (χ0v) is 10.1. The van der Waals surface area contributed by atoms with Crippen LogP contribution >= 0.6 is 0 Å². The normalized spacial score (nSPS) is 10.4. The van der Waals surface area contributed by atoms with E-state index in [9.17, 15) is 4.79 Å². The van der Waals surface area contributed by atoms with Crippen molar-refractivity contribution >= 4 is 5.97 Å². The smallest absolute Gasteiger partial charge is 0.310 e. The van der Waals surface area contributed by atoms with Crippen LogP contribution in [-0.2, 0) is 16.0 Å². The lowest BCUT2D eigenvalue weighted by molar-refractivity contribution is -0.143. The highest BCUT2D eigenvalue weighted by atomic mass is 16.5. The first kappa shape index (κ1) is 12.8. The number of carbonyl (C=O) groups is 1. The highest BCUT2D eigenvalue weighted by molar-refractivity contribution is 5.72. The minimum absolute atomic E-state index is 0.130. The fourth-order valence-corrected chi connectivity index (χ4v) is 1.49. The Morgan fingerprint density at radius 3 is 2.56 bits per heavy atom. The van der Waals surface area contributed by atoms with E-state index >= 15 is 0 Å². The Balaban J connectivity index is 2.17. The van der Waals surface area contributed by atoms with Crippen LogP contribution in [0, 0.1) is 5.92 Å². The van der Waals surface area contributed by atoms with Crippen LogP contribution in [0.25, 0.3) is 0 Å². The molecule has 0 saturated heterocycles. The average molecular weight is 220 g/mol. The summed E-state index contributed by atoms with van der Waals surface area (Å²) in [5.41, 5.74) is 1.01. The predicted octanol–water partition coefficient (Wildman–Crippen LogP) is 3.21. The molecule has 0 aliphatic rings. The van der Waals surface area contributed by atoms with Gasteiger partial charge >= 0.3 is 5.97 Å². The molecule has 0 aliphatic carbocycles. The van der Waals surface area contributed by atoms with Gasteiger partial charge in [-0.15, -0.1) is 0 Å². The molecule has 0 spiro atoms. The summed E-state index contributed by atoms with van der Waals surface area (Å²) in [6.45, 7) is 4.89. The number of carbonyl (C=O) groups excluding carboxylic acids is 1. The van der Waals surface area contributed by atoms with E-state index in [-0.39, 0.29) is 5.97 Å². The van der Waals surface area contributed by atoms with Gasteiger partial charge in [-0.05, 0) is 24.3 Å². The maximum absolute atomic E-state index is 11.4. The largest absolute Gasteiger partial charge is 0.465 e. The van der Waals surface area contributed by atoms with E-state index in [1.165, 1.54) is 0 Å². The Hall–Kier alpha value is -1.31. The number of esters is 1. The van der Waals surface area contributed by atoms with Crippen molar-refractivity contribution < 1.29 is 9.53 Å². The van der Waals surface area contributed by atoms with Crippen LogP contribution in [0.15, 0.2) is 30.3 Å². The maximum Gasteiger partial charge on any atom is 0.310 e. The van der Waals surface area contributed by atoms with Crippen molar-refractivity contribution in [1.82, 2.24) is 0 Å². The van der Waals surface area contributed by atoms with Crippen molar-refractivity contribution in [1.29, 1.82) is 0 Å². The highest BCUT2D eigenvalue weighted by Crippen LogP contribution is 2.05. The lowest BCUT2D eigenvalue weighted by Crippen LogP contribution is -2.09. The molecule has 0 radical (unpaired) electrons. The van der Waals surface area contributed by atoms with Crippen molar-refractivity contribution in [2.24, 2.45) is 5.92 Å². The Bertz CT molecular complexity index is 304. The van der Waals surface area contributed by atoms with Crippen LogP contribution in [-0.4, -0.2) is 12.6 Å². The molecule has 1 aromatic rings. The van der Waals surface area contributed by atoms with E-state index in [1.54, 1.807) is 0 Å². The first-order chi connectivity index (χ1) is 7.68. The Kier molecular flexibility index (Phi) is 5.62. The van der Waals surface area contributed by atoms with Gasteiger partial charge in [0, 0.05) is 0 Å². The number of rotatable bonds is 6. The lowest BCUT2D eigenvalue weighted by Gasteiger charge is -2.06. The summed E-state index contributed by atoms with van der Waals surface area (Å²) in [5, 5.41) is 0. The summed E-state index contributed by atoms with van der Waals surface area (Å²) in [5.74, 6) is 0.544. The summed E-state index contributed by atoms with van der Waals surface area (Å²) in [4.78, 5) is 11.4. The predicted molar refractivity (Wildman–Crippen MR) is 65.2 cm³/mol. The van der Waals surface area contributed by atoms with Crippen molar-refractivity contribution in [2.75, 3.05) is 6.61 Å². The van der Waals surface area contributed by atoms with E-state index in [0.29, 0.717) is 18.9 Å². The zero-order valence-electron chi connectivity index (χ0n) is 10.1. The van der Waals surface area contributed by atoms with Gasteiger partial charge in [0.15, 0.2) is 0 Å². The molecule has 0 atom stereocenters. The molecular formula is C14H20O2. The van der Waals surface area contributed by atoms with Crippen LogP contribution in [0.3, 0.4) is 0 Å². The van der Waals surface area contributed by atoms with Gasteiger partial charge in [-0.1, -0.05) is 44.2 Å². The molecule has 0 saturated carbocycles. The number of benzene rings is 1. The Morgan fingerprint density at radius 2 is 1.94 bits per heavy atom. The van der Waals surface area contributed by atoms with Crippen LogP contribution < -0.4 is 0 Å². The maximum atomic E-state index is 11.4. The topological polar surface area (TPSA) is 26.3 Å². The molecule has 0 unspecified atom stereocenters. The van der Waals surface area contributed by atoms with Gasteiger partial charge in [-0.25, -0.2) is 0 Å². The average Bonchev–Trinajstić information content (AvgIpc) is 2.25. The minimum atomic E-state index is -0.130. The zero-order chi connectivity index (χ0) is 11.8. The van der Waals surface area contributed by atoms with Gasteiger partial charge in [-0.2, -0.15) is 0 Å². The molecule has 0 fully saturated rings. The van der Waals surface area contributed by atoms with Gasteiger partial charge in [0.2, 0.25) is 0 Å². The Morgan fingerprint density at radius 1 is 1.25 bits per heavy atom. The van der Waals surface area contributed by atoms with Gasteiger partial charge in [0.25, 0.3) is 0 Å². The van der Waals surface area contributed by atoms with Gasteiger partial charge in [0.05, 0.1) is 13.0 Å². The summed E-state index contributed by atoms with van der Waals surface area (Å²) in [6.07, 6.45) is 2.44. The molecule has 0 bridgehead atoms. The molecule has 0 aliphatic heterocycles. The van der Waals surface area contributed by atoms with Crippen molar-refractivity contribution in [3.05, 3.63) is 35.9 Å². The van der Waals surface area contributed by atoms with Crippen LogP contribution in [0.5, 0.6) is 0 Å². The SMILES string of the molecule is CC(C)CCCOC(=O)Cc1ccccc1. The fraction of sp³-hybridized carbons (Fsp3) is 0.500. The molecule has 1 aromatic carbocycles. The molecular weight excluding hydrogens is 200 g/mol. The van der Waals surface area contributed by atoms with Crippen LogP contribution in [0.4, 0.5) is 0 Å². The summed E-state index contributed by atoms with van der Waals surface area (Å²) >= 11 is 0. The molecule has 0 aromatic heterocycles. The first-order valence-electron chi connectivity index (χ1n) is 5.88. The quantitative estimate of drug-likeness (QED) is 0.543. The molecule has 0 N–H and O–H groups in total. The van der Waals surface area contributed by atoms with Crippen LogP contribution in [0.1, 0.15) is 32.3 Å². The molecule has 1 rings (SSSR count). The monoisotopic (exact) mass is 220 g/mol. The van der Waals surface area contributed by atoms with Crippen molar-refractivity contribution in [3.63, 3.8) is 0 Å². The molecule has 0 heterocycles. The van der Waals surface area contributed by atoms with Crippen molar-refractivity contribution in [3.8, 4) is 0 Å². The van der Waals surface area contributed by atoms with E-state index in [2.05, 4.69) is 13.8 Å². The second-order valence-corrected chi connectivity index (χ2v) is 4.42. The summed E-state index contributed by atoms with van der Waals surface area (Å²) in [6, 6.07) is 9.69. The van der Waals surface area contributed by atoms with E-state index in [4.69, 9.17) is 4.74 Å². The number of hydrogen-bond acceptors (Lipinski definition) is 2. The molecule has 0 amide bonds. The van der Waals surface area contributed by atoms with E-state index in [0.717, 1.165) is 18.4 Å². The van der Waals surface area contributed by atoms with Gasteiger partial charge < -0.3 is 4.74 Å². The van der Waals surface area contributed by atoms with Gasteiger partial charge in [-0.3, -0.25) is 4.79 Å². The second-order valence-electron chi connectivity index (χ2n) is 4.42. The number of hydrogen-bond donors (Lipinski definition) is 0. The highest BCUT2D eigenvalue weighted by Gasteiger charge is 2.04. The third kappa shape index (κ3) is 5.54. The molecule has 2 nitrogen and oxygen atoms in total. The summed E-state index contributed by atoms with van der Waals surface area (Å²) in [7, 11) is 0. The molecule has 2 heteroatoms. The van der Waals surface area contributed by atoms with Gasteiger partial charge in [0.1, 0.15) is 0 Å². The third-order valence-electron chi connectivity index (χ3n) is 2.38. The molecule has 16 heavy (non-hydrogen) atoms. The fourth-order valence-electron chi connectivity index (χ4n) is 1.49. The third-order valence-corrected chi connectivity index (χ3v) is 2.38. The Labute approximate surface area is 97.6 Å². The van der Waals surface area contributed by atoms with Crippen molar-refractivity contribution in [2.45, 2.75) is 33.1 Å². The first-order valence-corrected chi connectivity index (χ1v) is 5.88. The van der Waals surface area contributed by atoms with E-state index < -0.39 is 0 Å². The summed E-state index contributed by atoms with van der Waals surface area (Å²) < 4.78 is 5.16. The van der Waals surface area contributed by atoms with E-state index in [1.807, 2.05) is 30.3 Å².